The first-order chi connectivity index (χ1) is 5.17. The molecule has 1 aliphatic heterocycles. The molecule has 1 aliphatic rings. The predicted molar refractivity (Wildman–Crippen MR) is 46.4 cm³/mol. The van der Waals surface area contributed by atoms with Crippen molar-refractivity contribution in [3.63, 3.8) is 0 Å². The van der Waals surface area contributed by atoms with E-state index in [4.69, 9.17) is 0 Å². The molecule has 0 saturated heterocycles. The summed E-state index contributed by atoms with van der Waals surface area (Å²) in [4.78, 5) is 0. The molecule has 2 N–H and O–H groups in total. The van der Waals surface area contributed by atoms with Crippen LogP contribution in [0.15, 0.2) is 24.3 Å². The SMILES string of the molecule is OS1(O)[CH]c2ccccc2C1. The topological polar surface area (TPSA) is 40.5 Å². The average molecular weight is 169 g/mol. The third kappa shape index (κ3) is 1.27. The zero-order valence-electron chi connectivity index (χ0n) is 5.90. The molecule has 0 saturated carbocycles. The minimum atomic E-state index is -2.43. The van der Waals surface area contributed by atoms with Crippen LogP contribution in [0.1, 0.15) is 11.1 Å². The first-order valence-corrected chi connectivity index (χ1v) is 5.14. The van der Waals surface area contributed by atoms with Crippen molar-refractivity contribution in [2.24, 2.45) is 0 Å². The van der Waals surface area contributed by atoms with Gasteiger partial charge in [0.05, 0.1) is 11.5 Å². The molecule has 0 spiro atoms. The molecule has 2 rings (SSSR count). The van der Waals surface area contributed by atoms with Crippen LogP contribution in [0.25, 0.3) is 0 Å². The summed E-state index contributed by atoms with van der Waals surface area (Å²) >= 11 is 0. The molecule has 0 fully saturated rings. The average Bonchev–Trinajstić information content (AvgIpc) is 2.21. The monoisotopic (exact) mass is 169 g/mol. The number of rotatable bonds is 0. The Morgan fingerprint density at radius 1 is 1.18 bits per heavy atom. The van der Waals surface area contributed by atoms with Crippen molar-refractivity contribution in [2.45, 2.75) is 5.75 Å². The summed E-state index contributed by atoms with van der Waals surface area (Å²) in [7, 11) is -2.43. The largest absolute Gasteiger partial charge is 0.298 e. The molecule has 1 aromatic rings. The molecule has 0 unspecified atom stereocenters. The Morgan fingerprint density at radius 3 is 2.64 bits per heavy atom. The van der Waals surface area contributed by atoms with Crippen LogP contribution in [0.5, 0.6) is 0 Å². The molecule has 0 aliphatic carbocycles. The Morgan fingerprint density at radius 2 is 1.91 bits per heavy atom. The van der Waals surface area contributed by atoms with E-state index in [0.29, 0.717) is 5.75 Å². The fourth-order valence-electron chi connectivity index (χ4n) is 1.25. The van der Waals surface area contributed by atoms with Crippen LogP contribution in [0.3, 0.4) is 0 Å². The second-order valence-electron chi connectivity index (χ2n) is 2.68. The molecule has 11 heavy (non-hydrogen) atoms. The molecule has 3 heteroatoms. The van der Waals surface area contributed by atoms with Crippen LogP contribution in [0, 0.1) is 5.75 Å². The first-order valence-electron chi connectivity index (χ1n) is 3.36. The number of hydrogen-bond donors (Lipinski definition) is 2. The summed E-state index contributed by atoms with van der Waals surface area (Å²) in [6, 6.07) is 7.63. The summed E-state index contributed by atoms with van der Waals surface area (Å²) < 4.78 is 18.6. The van der Waals surface area contributed by atoms with Gasteiger partial charge >= 0.3 is 0 Å². The van der Waals surface area contributed by atoms with Crippen molar-refractivity contribution in [2.75, 3.05) is 0 Å². The molecular formula is C8H9O2S. The fourth-order valence-corrected chi connectivity index (χ4v) is 2.70. The van der Waals surface area contributed by atoms with E-state index in [9.17, 15) is 9.11 Å². The van der Waals surface area contributed by atoms with Crippen LogP contribution in [0.4, 0.5) is 0 Å². The third-order valence-electron chi connectivity index (χ3n) is 1.74. The smallest absolute Gasteiger partial charge is 0.0984 e. The van der Waals surface area contributed by atoms with Crippen LogP contribution in [-0.2, 0) is 5.75 Å². The lowest BCUT2D eigenvalue weighted by molar-refractivity contribution is 0.497. The van der Waals surface area contributed by atoms with Crippen LogP contribution < -0.4 is 0 Å². The second kappa shape index (κ2) is 2.24. The van der Waals surface area contributed by atoms with Crippen molar-refractivity contribution in [1.82, 2.24) is 0 Å². The van der Waals surface area contributed by atoms with Crippen LogP contribution in [-0.4, -0.2) is 9.11 Å². The Hall–Kier alpha value is -0.510. The Labute approximate surface area is 67.2 Å². The normalized spacial score (nSPS) is 22.7. The molecule has 1 heterocycles. The van der Waals surface area contributed by atoms with Gasteiger partial charge in [-0.1, -0.05) is 24.3 Å². The molecule has 1 radical (unpaired) electrons. The standard InChI is InChI=1S/C8H9O2S/c9-11(10)5-7-3-1-2-4-8(7)6-11/h1-5,9-10H,6H2. The Balaban J connectivity index is 2.41. The van der Waals surface area contributed by atoms with E-state index in [1.165, 1.54) is 0 Å². The number of fused-ring (bicyclic) bond motifs is 1. The zero-order valence-corrected chi connectivity index (χ0v) is 6.71. The van der Waals surface area contributed by atoms with Gasteiger partial charge in [-0.2, -0.15) is 10.6 Å². The summed E-state index contributed by atoms with van der Waals surface area (Å²) in [6.45, 7) is 0. The lowest BCUT2D eigenvalue weighted by Gasteiger charge is -2.24. The molecule has 59 valence electrons. The maximum absolute atomic E-state index is 9.30. The first kappa shape index (κ1) is 7.16. The highest BCUT2D eigenvalue weighted by atomic mass is 32.3. The van der Waals surface area contributed by atoms with Crippen LogP contribution in [0.2, 0.25) is 0 Å². The summed E-state index contributed by atoms with van der Waals surface area (Å²) in [5, 5.41) is 0. The van der Waals surface area contributed by atoms with Gasteiger partial charge in [-0.3, -0.25) is 9.11 Å². The highest BCUT2D eigenvalue weighted by Gasteiger charge is 2.24. The highest BCUT2D eigenvalue weighted by molar-refractivity contribution is 8.25. The van der Waals surface area contributed by atoms with Gasteiger partial charge in [-0.05, 0) is 11.1 Å². The van der Waals surface area contributed by atoms with Crippen molar-refractivity contribution in [3.05, 3.63) is 41.1 Å². The van der Waals surface area contributed by atoms with E-state index < -0.39 is 10.6 Å². The summed E-state index contributed by atoms with van der Waals surface area (Å²) in [5.41, 5.74) is 2.00. The van der Waals surface area contributed by atoms with Gasteiger partial charge in [0.25, 0.3) is 0 Å². The number of benzene rings is 1. The van der Waals surface area contributed by atoms with E-state index >= 15 is 0 Å². The molecule has 2 nitrogen and oxygen atoms in total. The zero-order chi connectivity index (χ0) is 7.90. The quantitative estimate of drug-likeness (QED) is 0.626. The van der Waals surface area contributed by atoms with Crippen molar-refractivity contribution in [3.8, 4) is 0 Å². The highest BCUT2D eigenvalue weighted by Crippen LogP contribution is 2.54. The van der Waals surface area contributed by atoms with Gasteiger partial charge in [0.2, 0.25) is 0 Å². The molecule has 0 atom stereocenters. The molecule has 1 aromatic carbocycles. The third-order valence-corrected chi connectivity index (χ3v) is 3.11. The van der Waals surface area contributed by atoms with Crippen molar-refractivity contribution < 1.29 is 9.11 Å². The maximum Gasteiger partial charge on any atom is 0.0984 e. The summed E-state index contributed by atoms with van der Waals surface area (Å²) in [5.74, 6) is 1.95. The van der Waals surface area contributed by atoms with Gasteiger partial charge in [0.1, 0.15) is 0 Å². The second-order valence-corrected chi connectivity index (χ2v) is 4.64. The van der Waals surface area contributed by atoms with Crippen molar-refractivity contribution in [1.29, 1.82) is 0 Å². The minimum Gasteiger partial charge on any atom is -0.298 e. The van der Waals surface area contributed by atoms with Gasteiger partial charge in [0, 0.05) is 0 Å². The van der Waals surface area contributed by atoms with E-state index in [1.807, 2.05) is 24.3 Å². The maximum atomic E-state index is 9.30. The lowest BCUT2D eigenvalue weighted by Crippen LogP contribution is -1.91. The van der Waals surface area contributed by atoms with E-state index in [1.54, 1.807) is 5.75 Å². The molecule has 0 aromatic heterocycles. The molecule has 0 amide bonds. The fraction of sp³-hybridized carbons (Fsp3) is 0.125. The van der Waals surface area contributed by atoms with Gasteiger partial charge < -0.3 is 0 Å². The predicted octanol–water partition coefficient (Wildman–Crippen LogP) is 2.46. The lowest BCUT2D eigenvalue weighted by atomic mass is 10.1. The van der Waals surface area contributed by atoms with Gasteiger partial charge in [-0.15, -0.1) is 0 Å². The Bertz CT molecular complexity index is 256. The minimum absolute atomic E-state index is 0.392. The Kier molecular flexibility index (Phi) is 1.45. The summed E-state index contributed by atoms with van der Waals surface area (Å²) in [6.07, 6.45) is 0. The van der Waals surface area contributed by atoms with E-state index in [2.05, 4.69) is 0 Å². The van der Waals surface area contributed by atoms with Crippen LogP contribution >= 0.6 is 10.6 Å². The molecular weight excluding hydrogens is 160 g/mol. The number of hydrogen-bond acceptors (Lipinski definition) is 2. The van der Waals surface area contributed by atoms with Crippen molar-refractivity contribution >= 4 is 10.6 Å². The van der Waals surface area contributed by atoms with E-state index in [-0.39, 0.29) is 0 Å². The van der Waals surface area contributed by atoms with Gasteiger partial charge in [-0.25, -0.2) is 0 Å². The molecule has 0 bridgehead atoms. The van der Waals surface area contributed by atoms with E-state index in [0.717, 1.165) is 11.1 Å². The van der Waals surface area contributed by atoms with Gasteiger partial charge in [0.15, 0.2) is 0 Å².